The molecule has 0 unspecified atom stereocenters. The zero-order valence-electron chi connectivity index (χ0n) is 38.4. The first-order chi connectivity index (χ1) is 28.6. The van der Waals surface area contributed by atoms with Crippen LogP contribution in [0.3, 0.4) is 0 Å². The van der Waals surface area contributed by atoms with E-state index in [-0.39, 0.29) is 67.9 Å². The van der Waals surface area contributed by atoms with Crippen LogP contribution in [0.1, 0.15) is 20.6 Å². The van der Waals surface area contributed by atoms with Gasteiger partial charge in [0.05, 0.1) is 20.6 Å². The van der Waals surface area contributed by atoms with Gasteiger partial charge in [-0.15, -0.1) is 0 Å². The number of fused-ring (bicyclic) bond motifs is 5. The zero-order valence-corrected chi connectivity index (χ0v) is 23.4. The largest absolute Gasteiger partial charge is 0.456 e. The van der Waals surface area contributed by atoms with Crippen molar-refractivity contribution in [3.63, 3.8) is 0 Å². The van der Waals surface area contributed by atoms with Crippen LogP contribution in [0.2, 0.25) is 0 Å². The summed E-state index contributed by atoms with van der Waals surface area (Å²) in [5.74, 6) is 0. The molecule has 0 aliphatic carbocycles. The summed E-state index contributed by atoms with van der Waals surface area (Å²) in [6, 6.07) is 14.7. The van der Waals surface area contributed by atoms with E-state index in [4.69, 9.17) is 19.5 Å². The highest BCUT2D eigenvalue weighted by Crippen LogP contribution is 2.48. The molecular formula is C44H28O. The number of benzene rings is 8. The third-order valence-corrected chi connectivity index (χ3v) is 7.94. The molecule has 0 saturated carbocycles. The van der Waals surface area contributed by atoms with Gasteiger partial charge in [0.15, 0.2) is 0 Å². The number of furan rings is 1. The van der Waals surface area contributed by atoms with E-state index in [1.54, 1.807) is 78.9 Å². The van der Waals surface area contributed by atoms with Gasteiger partial charge in [0.2, 0.25) is 0 Å². The first kappa shape index (κ1) is 14.7. The maximum absolute atomic E-state index is 10.0. The Bertz CT molecular complexity index is 3290. The second-order valence-electron chi connectivity index (χ2n) is 10.5. The molecule has 1 aromatic heterocycles. The Kier molecular flexibility index (Phi) is 3.39. The standard InChI is InChI=1S/C44H28O/c1-3-14-29(15-4-1)31-18-13-19-32(26-31)43-34-21-7-9-23-36(34)44(37-24-10-8-22-35(37)43)40-27-39-33-20-11-12-25-41(33)45-42(39)28-38(40)30-16-5-2-6-17-30/h1-28H/i2D,5D,6D,11D,12D,13D,16D,17D,18D,19D,20D,25D,26D,27D,28D. The Labute approximate surface area is 282 Å². The summed E-state index contributed by atoms with van der Waals surface area (Å²) in [7, 11) is 0. The number of para-hydroxylation sites is 1. The van der Waals surface area contributed by atoms with E-state index in [9.17, 15) is 5.48 Å². The summed E-state index contributed by atoms with van der Waals surface area (Å²) in [6.45, 7) is 0. The Hall–Kier alpha value is -5.92. The molecule has 9 aromatic rings. The van der Waals surface area contributed by atoms with Crippen molar-refractivity contribution in [1.29, 1.82) is 0 Å². The molecule has 0 amide bonds. The highest BCUT2D eigenvalue weighted by atomic mass is 16.3. The van der Waals surface area contributed by atoms with Gasteiger partial charge in [-0.25, -0.2) is 0 Å². The number of hydrogen-bond acceptors (Lipinski definition) is 1. The van der Waals surface area contributed by atoms with Gasteiger partial charge < -0.3 is 4.42 Å². The van der Waals surface area contributed by atoms with Gasteiger partial charge in [-0.3, -0.25) is 0 Å². The van der Waals surface area contributed by atoms with Crippen LogP contribution in [0.25, 0.3) is 88.0 Å². The van der Waals surface area contributed by atoms with Crippen molar-refractivity contribution in [3.8, 4) is 44.5 Å². The summed E-state index contributed by atoms with van der Waals surface area (Å²) in [5, 5.41) is 1.33. The third-order valence-electron chi connectivity index (χ3n) is 7.94. The first-order valence-corrected chi connectivity index (χ1v) is 14.2. The van der Waals surface area contributed by atoms with Crippen LogP contribution in [0.5, 0.6) is 0 Å². The fourth-order valence-corrected chi connectivity index (χ4v) is 6.03. The van der Waals surface area contributed by atoms with Crippen molar-refractivity contribution in [2.24, 2.45) is 0 Å². The van der Waals surface area contributed by atoms with E-state index in [0.717, 1.165) is 0 Å². The molecule has 0 radical (unpaired) electrons. The Balaban J connectivity index is 1.54. The Morgan fingerprint density at radius 3 is 1.69 bits per heavy atom. The molecule has 1 heteroatoms. The van der Waals surface area contributed by atoms with Gasteiger partial charge in [-0.05, 0) is 90.2 Å². The molecule has 0 fully saturated rings. The molecule has 0 atom stereocenters. The van der Waals surface area contributed by atoms with Gasteiger partial charge in [-0.1, -0.05) is 145 Å². The molecule has 210 valence electrons. The van der Waals surface area contributed by atoms with Crippen LogP contribution in [0.15, 0.2) is 174 Å². The minimum Gasteiger partial charge on any atom is -0.456 e. The van der Waals surface area contributed by atoms with E-state index in [1.165, 1.54) is 0 Å². The van der Waals surface area contributed by atoms with Gasteiger partial charge >= 0.3 is 0 Å². The Morgan fingerprint density at radius 1 is 0.356 bits per heavy atom. The summed E-state index contributed by atoms with van der Waals surface area (Å²) in [6.07, 6.45) is 0. The highest BCUT2D eigenvalue weighted by molar-refractivity contribution is 6.23. The second kappa shape index (κ2) is 10.4. The molecule has 1 nitrogen and oxygen atoms in total. The van der Waals surface area contributed by atoms with Crippen molar-refractivity contribution < 1.29 is 25.0 Å². The summed E-state index contributed by atoms with van der Waals surface area (Å²) in [5.41, 5.74) is -0.0837. The van der Waals surface area contributed by atoms with Crippen molar-refractivity contribution >= 4 is 43.5 Å². The topological polar surface area (TPSA) is 13.1 Å². The average molecular weight is 588 g/mol. The molecule has 0 saturated heterocycles. The molecule has 45 heavy (non-hydrogen) atoms. The summed E-state index contributed by atoms with van der Waals surface area (Å²) in [4.78, 5) is 0. The molecular weight excluding hydrogens is 544 g/mol. The van der Waals surface area contributed by atoms with E-state index >= 15 is 0 Å². The Morgan fingerprint density at radius 2 is 0.956 bits per heavy atom. The van der Waals surface area contributed by atoms with Crippen molar-refractivity contribution in [2.45, 2.75) is 0 Å². The lowest BCUT2D eigenvalue weighted by Gasteiger charge is -2.20. The van der Waals surface area contributed by atoms with Crippen molar-refractivity contribution in [3.05, 3.63) is 169 Å². The fourth-order valence-electron chi connectivity index (χ4n) is 6.03. The molecule has 0 aliphatic heterocycles. The highest BCUT2D eigenvalue weighted by Gasteiger charge is 2.21. The molecule has 0 aliphatic rings. The predicted molar refractivity (Wildman–Crippen MR) is 190 cm³/mol. The van der Waals surface area contributed by atoms with Gasteiger partial charge in [0.25, 0.3) is 0 Å². The van der Waals surface area contributed by atoms with Crippen molar-refractivity contribution in [1.82, 2.24) is 0 Å². The van der Waals surface area contributed by atoms with Gasteiger partial charge in [0, 0.05) is 10.8 Å². The maximum Gasteiger partial charge on any atom is 0.136 e. The summed E-state index contributed by atoms with van der Waals surface area (Å²) >= 11 is 0. The molecule has 0 bridgehead atoms. The van der Waals surface area contributed by atoms with Crippen LogP contribution < -0.4 is 0 Å². The van der Waals surface area contributed by atoms with Gasteiger partial charge in [-0.2, -0.15) is 0 Å². The SMILES string of the molecule is [2H]c1c([2H])c([2H])c(-c2c(-c3c4ccccc4c(-c4c([2H])c([2H])c([2H])c(-c5ccccc5)c4[2H])c4ccccc34)c([2H])c3c(oc4c([2H])c([2H])c([2H])c([2H])c43)c2[2H])c([2H])c1[2H]. The third kappa shape index (κ3) is 4.17. The van der Waals surface area contributed by atoms with Crippen molar-refractivity contribution in [2.75, 3.05) is 0 Å². The van der Waals surface area contributed by atoms with E-state index in [1.807, 2.05) is 0 Å². The summed E-state index contributed by atoms with van der Waals surface area (Å²) < 4.78 is 140. The molecule has 8 aromatic carbocycles. The maximum atomic E-state index is 10.0. The zero-order chi connectivity index (χ0) is 42.8. The van der Waals surface area contributed by atoms with Crippen LogP contribution >= 0.6 is 0 Å². The lowest BCUT2D eigenvalue weighted by Crippen LogP contribution is -1.93. The molecule has 1 heterocycles. The molecule has 9 rings (SSSR count). The van der Waals surface area contributed by atoms with Gasteiger partial charge in [0.1, 0.15) is 11.2 Å². The number of rotatable bonds is 4. The number of hydrogen-bond donors (Lipinski definition) is 0. The van der Waals surface area contributed by atoms with E-state index in [0.29, 0.717) is 32.7 Å². The lowest BCUT2D eigenvalue weighted by molar-refractivity contribution is 0.669. The predicted octanol–water partition coefficient (Wildman–Crippen LogP) is 12.6. The van der Waals surface area contributed by atoms with Crippen LogP contribution in [-0.4, -0.2) is 0 Å². The van der Waals surface area contributed by atoms with E-state index in [2.05, 4.69) is 0 Å². The minimum absolute atomic E-state index is 0.0687. The van der Waals surface area contributed by atoms with Crippen LogP contribution in [0, 0.1) is 0 Å². The molecule has 0 N–H and O–H groups in total. The molecule has 0 spiro atoms. The average Bonchev–Trinajstić information content (AvgIpc) is 3.67. The fraction of sp³-hybridized carbons (Fsp3) is 0. The van der Waals surface area contributed by atoms with E-state index < -0.39 is 78.1 Å². The van der Waals surface area contributed by atoms with Crippen LogP contribution in [0.4, 0.5) is 0 Å². The monoisotopic (exact) mass is 587 g/mol. The minimum atomic E-state index is -0.693. The normalized spacial score (nSPS) is 16.2. The smallest absolute Gasteiger partial charge is 0.136 e. The quantitative estimate of drug-likeness (QED) is 0.187. The lowest BCUT2D eigenvalue weighted by atomic mass is 9.83. The van der Waals surface area contributed by atoms with Crippen LogP contribution in [-0.2, 0) is 0 Å². The second-order valence-corrected chi connectivity index (χ2v) is 10.5. The first-order valence-electron chi connectivity index (χ1n) is 21.7.